The van der Waals surface area contributed by atoms with E-state index in [0.717, 1.165) is 0 Å². The maximum Gasteiger partial charge on any atom is 0.416 e. The fraction of sp³-hybridized carbons (Fsp3) is 0.308. The highest BCUT2D eigenvalue weighted by atomic mass is 127. The van der Waals surface area contributed by atoms with Crippen molar-refractivity contribution in [2.24, 2.45) is 0 Å². The molecule has 0 N–H and O–H groups in total. The van der Waals surface area contributed by atoms with E-state index in [9.17, 15) is 105 Å². The minimum absolute atomic E-state index is 0.0240. The van der Waals surface area contributed by atoms with Gasteiger partial charge in [0.25, 0.3) is 0 Å². The standard InChI is InChI=1S/C32H12BF24.C20H26I/c34-25(35,36)13-1-14(26(37,38)39)6-21(5-13)33(22-7-15(27(40,41)42)2-16(8-22)28(43,44)45,23-9-17(29(46,47)48)3-18(10-23)30(49,50)51)24-11-19(31(52,53)54)4-20(12-24)32(55,56)57;1-3-5-7-17-9-13-19(14-10-17)21-20-15-11-18(12-16-20)8-6-4-2/h1-12H;9-16H,3-8H2,1-2H3/q-1;+1. The molecule has 0 heterocycles. The highest BCUT2D eigenvalue weighted by Crippen LogP contribution is 2.41. The van der Waals surface area contributed by atoms with Gasteiger partial charge in [-0.05, 0) is 85.3 Å². The zero-order valence-electron chi connectivity index (χ0n) is 39.8. The first-order chi connectivity index (χ1) is 35.6. The van der Waals surface area contributed by atoms with E-state index in [2.05, 4.69) is 62.4 Å². The van der Waals surface area contributed by atoms with Crippen molar-refractivity contribution in [2.45, 2.75) is 102 Å². The highest BCUT2D eigenvalue weighted by molar-refractivity contribution is 7.20. The van der Waals surface area contributed by atoms with Crippen molar-refractivity contribution in [3.8, 4) is 0 Å². The Morgan fingerprint density at radius 3 is 0.615 bits per heavy atom. The Morgan fingerprint density at radius 2 is 0.462 bits per heavy atom. The molecule has 0 nitrogen and oxygen atoms in total. The maximum atomic E-state index is 14.2. The van der Waals surface area contributed by atoms with E-state index in [-0.39, 0.29) is 21.2 Å². The zero-order chi connectivity index (χ0) is 58.8. The molecule has 0 radical (unpaired) electrons. The Hall–Kier alpha value is -5.57. The predicted molar refractivity (Wildman–Crippen MR) is 238 cm³/mol. The quantitative estimate of drug-likeness (QED) is 0.0651. The van der Waals surface area contributed by atoms with Gasteiger partial charge in [-0.3, -0.25) is 0 Å². The summed E-state index contributed by atoms with van der Waals surface area (Å²) < 4.78 is 344. The fourth-order valence-electron chi connectivity index (χ4n) is 8.39. The first kappa shape index (κ1) is 63.3. The first-order valence-corrected chi connectivity index (χ1v) is 24.9. The Labute approximate surface area is 439 Å². The van der Waals surface area contributed by atoms with Crippen LogP contribution in [0.3, 0.4) is 0 Å². The van der Waals surface area contributed by atoms with Crippen LogP contribution in [-0.2, 0) is 62.3 Å². The van der Waals surface area contributed by atoms with E-state index in [1.165, 1.54) is 56.8 Å². The summed E-state index contributed by atoms with van der Waals surface area (Å²) >= 11 is -0.0240. The van der Waals surface area contributed by atoms with Crippen LogP contribution in [0.4, 0.5) is 105 Å². The number of unbranched alkanes of at least 4 members (excludes halogenated alkanes) is 2. The summed E-state index contributed by atoms with van der Waals surface area (Å²) in [5.74, 6) is 0. The molecule has 6 aromatic rings. The Morgan fingerprint density at radius 1 is 0.282 bits per heavy atom. The van der Waals surface area contributed by atoms with E-state index in [1.54, 1.807) is 0 Å². The van der Waals surface area contributed by atoms with Gasteiger partial charge in [-0.15, -0.1) is 0 Å². The molecular formula is C52H38BF24I. The van der Waals surface area contributed by atoms with Crippen LogP contribution in [0.2, 0.25) is 0 Å². The van der Waals surface area contributed by atoms with Crippen molar-refractivity contribution >= 4 is 28.0 Å². The van der Waals surface area contributed by atoms with E-state index in [1.807, 2.05) is 0 Å². The number of benzene rings is 6. The molecular weight excluding hydrogens is 1220 g/mol. The lowest BCUT2D eigenvalue weighted by atomic mass is 9.12. The van der Waals surface area contributed by atoms with Crippen LogP contribution < -0.4 is 43.1 Å². The number of aryl methyl sites for hydroxylation is 2. The van der Waals surface area contributed by atoms with Crippen molar-refractivity contribution < 1.29 is 127 Å². The van der Waals surface area contributed by atoms with Gasteiger partial charge >= 0.3 is 70.6 Å². The van der Waals surface area contributed by atoms with Crippen LogP contribution in [0.1, 0.15) is 95.2 Å². The van der Waals surface area contributed by atoms with Gasteiger partial charge in [0.2, 0.25) is 0 Å². The largest absolute Gasteiger partial charge is 0.416 e. The van der Waals surface area contributed by atoms with Gasteiger partial charge in [0.1, 0.15) is 6.15 Å². The molecule has 0 spiro atoms. The Kier molecular flexibility index (Phi) is 18.9. The first-order valence-electron chi connectivity index (χ1n) is 22.8. The molecule has 0 aliphatic rings. The molecule has 0 saturated heterocycles. The van der Waals surface area contributed by atoms with E-state index in [4.69, 9.17) is 0 Å². The molecule has 0 unspecified atom stereocenters. The van der Waals surface area contributed by atoms with Crippen LogP contribution in [0.5, 0.6) is 0 Å². The second kappa shape index (κ2) is 23.3. The minimum Gasteiger partial charge on any atom is -0.194 e. The summed E-state index contributed by atoms with van der Waals surface area (Å²) in [7, 11) is 0. The fourth-order valence-corrected chi connectivity index (χ4v) is 10.5. The van der Waals surface area contributed by atoms with Crippen molar-refractivity contribution in [3.05, 3.63) is 184 Å². The lowest BCUT2D eigenvalue weighted by Gasteiger charge is -2.46. The van der Waals surface area contributed by atoms with E-state index >= 15 is 0 Å². The normalized spacial score (nSPS) is 13.4. The SMILES string of the molecule is CCCCc1ccc([I+]c2ccc(CCCC)cc2)cc1.FC(F)(F)c1cc([B-](c2cc(C(F)(F)F)cc(C(F)(F)F)c2)(c2cc(C(F)(F)F)cc(C(F)(F)F)c2)c2cc(C(F)(F)F)cc(C(F)(F)F)c2)cc(C(F)(F)F)c1. The highest BCUT2D eigenvalue weighted by Gasteiger charge is 2.47. The topological polar surface area (TPSA) is 0 Å². The molecule has 0 bridgehead atoms. The average Bonchev–Trinajstić information content (AvgIpc) is 3.31. The van der Waals surface area contributed by atoms with Gasteiger partial charge in [-0.1, -0.05) is 99.5 Å². The number of hydrogen-bond acceptors (Lipinski definition) is 0. The third-order valence-corrected chi connectivity index (χ3v) is 14.8. The summed E-state index contributed by atoms with van der Waals surface area (Å²) in [4.78, 5) is 0. The monoisotopic (exact) mass is 1260 g/mol. The van der Waals surface area contributed by atoms with Crippen LogP contribution in [-0.4, -0.2) is 6.15 Å². The molecule has 26 heteroatoms. The molecule has 0 amide bonds. The predicted octanol–water partition coefficient (Wildman–Crippen LogP) is 13.7. The van der Waals surface area contributed by atoms with Crippen molar-refractivity contribution in [1.29, 1.82) is 0 Å². The molecule has 0 aliphatic heterocycles. The molecule has 0 aromatic heterocycles. The van der Waals surface area contributed by atoms with Crippen molar-refractivity contribution in [1.82, 2.24) is 0 Å². The van der Waals surface area contributed by atoms with Gasteiger partial charge in [-0.2, -0.15) is 127 Å². The Balaban J connectivity index is 0.000000443. The van der Waals surface area contributed by atoms with Crippen molar-refractivity contribution in [3.63, 3.8) is 0 Å². The van der Waals surface area contributed by atoms with Crippen LogP contribution in [0.25, 0.3) is 0 Å². The molecule has 0 atom stereocenters. The summed E-state index contributed by atoms with van der Waals surface area (Å²) in [6, 6.07) is 9.82. The Bertz CT molecular complexity index is 2500. The lowest BCUT2D eigenvalue weighted by Crippen LogP contribution is -3.61. The number of hydrogen-bond donors (Lipinski definition) is 0. The van der Waals surface area contributed by atoms with Gasteiger partial charge in [0.15, 0.2) is 7.14 Å². The summed E-state index contributed by atoms with van der Waals surface area (Å²) in [5.41, 5.74) is -27.2. The second-order valence-electron chi connectivity index (χ2n) is 17.8. The molecule has 0 aliphatic carbocycles. The lowest BCUT2D eigenvalue weighted by molar-refractivity contribution is -0.597. The molecule has 78 heavy (non-hydrogen) atoms. The minimum atomic E-state index is -6.13. The number of alkyl halides is 24. The smallest absolute Gasteiger partial charge is 0.194 e. The second-order valence-corrected chi connectivity index (χ2v) is 20.8. The number of rotatable bonds is 12. The average molecular weight is 1260 g/mol. The van der Waals surface area contributed by atoms with Crippen LogP contribution >= 0.6 is 0 Å². The van der Waals surface area contributed by atoms with Crippen molar-refractivity contribution in [2.75, 3.05) is 0 Å². The molecule has 0 saturated carbocycles. The van der Waals surface area contributed by atoms with Crippen LogP contribution in [0, 0.1) is 7.14 Å². The van der Waals surface area contributed by atoms with Gasteiger partial charge in [-0.25, -0.2) is 0 Å². The molecule has 424 valence electrons. The third-order valence-electron chi connectivity index (χ3n) is 12.1. The zero-order valence-corrected chi connectivity index (χ0v) is 42.0. The summed E-state index contributed by atoms with van der Waals surface area (Å²) in [6.45, 7) is 4.51. The van der Waals surface area contributed by atoms with Gasteiger partial charge in [0.05, 0.1) is 44.5 Å². The third kappa shape index (κ3) is 15.8. The molecule has 6 rings (SSSR count). The summed E-state index contributed by atoms with van der Waals surface area (Å²) in [5, 5.41) is 0. The van der Waals surface area contributed by atoms with E-state index < -0.39 is 195 Å². The van der Waals surface area contributed by atoms with Gasteiger partial charge < -0.3 is 0 Å². The molecule has 0 fully saturated rings. The maximum absolute atomic E-state index is 14.2. The molecule has 6 aromatic carbocycles. The number of halogens is 25. The van der Waals surface area contributed by atoms with Crippen LogP contribution in [0.15, 0.2) is 121 Å². The summed E-state index contributed by atoms with van der Waals surface area (Å²) in [6.07, 6.45) is -47.2. The van der Waals surface area contributed by atoms with Gasteiger partial charge in [0, 0.05) is 0 Å². The van der Waals surface area contributed by atoms with E-state index in [0.29, 0.717) is 0 Å².